The highest BCUT2D eigenvalue weighted by Crippen LogP contribution is 2.02. The molecule has 1 atom stereocenters. The molecule has 0 spiro atoms. The molecule has 1 aromatic rings. The maximum Gasteiger partial charge on any atom is 0.271 e. The number of carbonyl (C=O) groups excluding carboxylic acids is 1. The molecule has 0 saturated carbocycles. The fourth-order valence-electron chi connectivity index (χ4n) is 0.859. The van der Waals surface area contributed by atoms with Gasteiger partial charge in [0.1, 0.15) is 0 Å². The summed E-state index contributed by atoms with van der Waals surface area (Å²) in [5.41, 5.74) is 0.213. The molecule has 0 aliphatic rings. The van der Waals surface area contributed by atoms with Gasteiger partial charge in [-0.2, -0.15) is 0 Å². The van der Waals surface area contributed by atoms with Gasteiger partial charge in [0.15, 0.2) is 10.8 Å². The van der Waals surface area contributed by atoms with E-state index in [1.165, 1.54) is 12.1 Å². The highest BCUT2D eigenvalue weighted by molar-refractivity contribution is 6.29. The molecule has 15 heavy (non-hydrogen) atoms. The molecular weight excluding hydrogens is 218 g/mol. The van der Waals surface area contributed by atoms with Crippen LogP contribution in [0.3, 0.4) is 0 Å². The van der Waals surface area contributed by atoms with Crippen LogP contribution in [0.2, 0.25) is 5.15 Å². The number of rotatable bonds is 4. The highest BCUT2D eigenvalue weighted by Gasteiger charge is 2.08. The summed E-state index contributed by atoms with van der Waals surface area (Å²) in [6.07, 6.45) is 0. The molecule has 1 unspecified atom stereocenters. The Hall–Kier alpha value is -1.20. The first-order valence-corrected chi connectivity index (χ1v) is 4.89. The Morgan fingerprint density at radius 2 is 2.33 bits per heavy atom. The number of aliphatic hydroxyl groups excluding tert-OH is 1. The van der Waals surface area contributed by atoms with Gasteiger partial charge in [-0.25, -0.2) is 0 Å². The number of halogens is 1. The molecule has 0 aliphatic heterocycles. The maximum absolute atomic E-state index is 11.4. The van der Waals surface area contributed by atoms with E-state index in [2.05, 4.69) is 15.5 Å². The number of aliphatic hydroxyl groups is 1. The lowest BCUT2D eigenvalue weighted by molar-refractivity contribution is 0.0936. The molecule has 2 N–H and O–H groups in total. The van der Waals surface area contributed by atoms with E-state index in [1.54, 1.807) is 0 Å². The van der Waals surface area contributed by atoms with Gasteiger partial charge in [0, 0.05) is 13.2 Å². The van der Waals surface area contributed by atoms with Crippen molar-refractivity contribution in [3.8, 4) is 0 Å². The van der Waals surface area contributed by atoms with Crippen molar-refractivity contribution in [1.82, 2.24) is 15.5 Å². The Balaban J connectivity index is 2.50. The molecule has 0 saturated heterocycles. The van der Waals surface area contributed by atoms with Crippen LogP contribution >= 0.6 is 11.6 Å². The molecule has 0 radical (unpaired) electrons. The average Bonchev–Trinajstić information content (AvgIpc) is 2.26. The smallest absolute Gasteiger partial charge is 0.271 e. The Bertz CT molecular complexity index is 329. The van der Waals surface area contributed by atoms with Gasteiger partial charge in [-0.05, 0) is 18.1 Å². The lowest BCUT2D eigenvalue weighted by Crippen LogP contribution is -2.30. The zero-order chi connectivity index (χ0) is 11.3. The zero-order valence-electron chi connectivity index (χ0n) is 8.27. The van der Waals surface area contributed by atoms with Crippen LogP contribution in [0.5, 0.6) is 0 Å². The van der Waals surface area contributed by atoms with Crippen LogP contribution in [0.15, 0.2) is 12.1 Å². The summed E-state index contributed by atoms with van der Waals surface area (Å²) in [7, 11) is 0. The van der Waals surface area contributed by atoms with Crippen molar-refractivity contribution in [3.63, 3.8) is 0 Å². The van der Waals surface area contributed by atoms with Crippen molar-refractivity contribution in [2.45, 2.75) is 6.92 Å². The summed E-state index contributed by atoms with van der Waals surface area (Å²) in [4.78, 5) is 11.4. The molecule has 1 rings (SSSR count). The van der Waals surface area contributed by atoms with Crippen molar-refractivity contribution < 1.29 is 9.90 Å². The molecule has 0 fully saturated rings. The molecule has 0 bridgehead atoms. The van der Waals surface area contributed by atoms with E-state index in [4.69, 9.17) is 16.7 Å². The Kier molecular flexibility index (Phi) is 4.45. The summed E-state index contributed by atoms with van der Waals surface area (Å²) >= 11 is 5.53. The second-order valence-corrected chi connectivity index (χ2v) is 3.63. The van der Waals surface area contributed by atoms with Gasteiger partial charge in [-0.1, -0.05) is 18.5 Å². The minimum atomic E-state index is -0.320. The highest BCUT2D eigenvalue weighted by atomic mass is 35.5. The van der Waals surface area contributed by atoms with Crippen LogP contribution in [0.4, 0.5) is 0 Å². The number of hydrogen-bond donors (Lipinski definition) is 2. The van der Waals surface area contributed by atoms with E-state index >= 15 is 0 Å². The van der Waals surface area contributed by atoms with Crippen LogP contribution in [0.25, 0.3) is 0 Å². The first kappa shape index (κ1) is 11.9. The number of hydrogen-bond acceptors (Lipinski definition) is 4. The van der Waals surface area contributed by atoms with E-state index in [-0.39, 0.29) is 29.3 Å². The van der Waals surface area contributed by atoms with Crippen molar-refractivity contribution >= 4 is 17.5 Å². The first-order valence-electron chi connectivity index (χ1n) is 4.51. The molecule has 6 heteroatoms. The fraction of sp³-hybridized carbons (Fsp3) is 0.444. The quantitative estimate of drug-likeness (QED) is 0.788. The second-order valence-electron chi connectivity index (χ2n) is 3.24. The van der Waals surface area contributed by atoms with Gasteiger partial charge in [0.05, 0.1) is 0 Å². The van der Waals surface area contributed by atoms with Gasteiger partial charge in [-0.15, -0.1) is 10.2 Å². The topological polar surface area (TPSA) is 75.1 Å². The third-order valence-electron chi connectivity index (χ3n) is 1.79. The van der Waals surface area contributed by atoms with Gasteiger partial charge in [-0.3, -0.25) is 4.79 Å². The Labute approximate surface area is 92.5 Å². The van der Waals surface area contributed by atoms with Crippen LogP contribution in [-0.2, 0) is 0 Å². The number of carbonyl (C=O) groups is 1. The fourth-order valence-corrected chi connectivity index (χ4v) is 0.960. The molecule has 5 nitrogen and oxygen atoms in total. The summed E-state index contributed by atoms with van der Waals surface area (Å²) in [5.74, 6) is -0.298. The number of aromatic nitrogens is 2. The third kappa shape index (κ3) is 3.81. The molecule has 0 aliphatic carbocycles. The van der Waals surface area contributed by atoms with E-state index in [9.17, 15) is 4.79 Å². The molecule has 1 aromatic heterocycles. The largest absolute Gasteiger partial charge is 0.396 e. The van der Waals surface area contributed by atoms with Gasteiger partial charge in [0.2, 0.25) is 0 Å². The van der Waals surface area contributed by atoms with Crippen LogP contribution < -0.4 is 5.32 Å². The van der Waals surface area contributed by atoms with E-state index in [1.807, 2.05) is 6.92 Å². The van der Waals surface area contributed by atoms with Crippen LogP contribution in [0.1, 0.15) is 17.4 Å². The van der Waals surface area contributed by atoms with Crippen molar-refractivity contribution in [2.24, 2.45) is 5.92 Å². The second kappa shape index (κ2) is 5.63. The van der Waals surface area contributed by atoms with Crippen LogP contribution in [0, 0.1) is 5.92 Å². The molecule has 0 aromatic carbocycles. The summed E-state index contributed by atoms with van der Waals surface area (Å²) in [5, 5.41) is 18.8. The Morgan fingerprint density at radius 1 is 1.60 bits per heavy atom. The Morgan fingerprint density at radius 3 is 2.87 bits per heavy atom. The predicted octanol–water partition coefficient (Wildman–Crippen LogP) is 0.488. The summed E-state index contributed by atoms with van der Waals surface area (Å²) in [6, 6.07) is 2.99. The normalized spacial score (nSPS) is 12.2. The zero-order valence-corrected chi connectivity index (χ0v) is 9.03. The summed E-state index contributed by atoms with van der Waals surface area (Å²) < 4.78 is 0. The summed E-state index contributed by atoms with van der Waals surface area (Å²) in [6.45, 7) is 2.26. The van der Waals surface area contributed by atoms with Crippen molar-refractivity contribution in [1.29, 1.82) is 0 Å². The minimum absolute atomic E-state index is 0.0224. The van der Waals surface area contributed by atoms with Gasteiger partial charge >= 0.3 is 0 Å². The van der Waals surface area contributed by atoms with E-state index in [0.717, 1.165) is 0 Å². The number of amides is 1. The SMILES string of the molecule is CC(CO)CNC(=O)c1ccc(Cl)nn1. The van der Waals surface area contributed by atoms with Gasteiger partial charge in [0.25, 0.3) is 5.91 Å². The van der Waals surface area contributed by atoms with E-state index < -0.39 is 0 Å². The number of nitrogens with zero attached hydrogens (tertiary/aromatic N) is 2. The first-order chi connectivity index (χ1) is 7.13. The molecule has 1 heterocycles. The van der Waals surface area contributed by atoms with E-state index in [0.29, 0.717) is 6.54 Å². The average molecular weight is 230 g/mol. The van der Waals surface area contributed by atoms with Gasteiger partial charge < -0.3 is 10.4 Å². The third-order valence-corrected chi connectivity index (χ3v) is 1.99. The minimum Gasteiger partial charge on any atom is -0.396 e. The maximum atomic E-state index is 11.4. The lowest BCUT2D eigenvalue weighted by atomic mass is 10.2. The predicted molar refractivity (Wildman–Crippen MR) is 55.6 cm³/mol. The molecular formula is C9H12ClN3O2. The van der Waals surface area contributed by atoms with Crippen molar-refractivity contribution in [2.75, 3.05) is 13.2 Å². The monoisotopic (exact) mass is 229 g/mol. The lowest BCUT2D eigenvalue weighted by Gasteiger charge is -2.08. The molecule has 1 amide bonds. The molecule has 82 valence electrons. The standard InChI is InChI=1S/C9H12ClN3O2/c1-6(5-14)4-11-9(15)7-2-3-8(10)13-12-7/h2-3,6,14H,4-5H2,1H3,(H,11,15). The number of nitrogens with one attached hydrogen (secondary N) is 1. The van der Waals surface area contributed by atoms with Crippen LogP contribution in [-0.4, -0.2) is 34.4 Å². The van der Waals surface area contributed by atoms with Crippen molar-refractivity contribution in [3.05, 3.63) is 23.0 Å².